The molecule has 1 heterocycles. The molecule has 3 aromatic rings. The van der Waals surface area contributed by atoms with Gasteiger partial charge in [0.05, 0.1) is 25.9 Å². The highest BCUT2D eigenvalue weighted by atomic mass is 35.5. The third kappa shape index (κ3) is 2.65. The van der Waals surface area contributed by atoms with Gasteiger partial charge in [0.2, 0.25) is 0 Å². The first-order chi connectivity index (χ1) is 9.13. The number of aromatic nitrogens is 1. The molecular weight excluding hydrogens is 323 g/mol. The van der Waals surface area contributed by atoms with Gasteiger partial charge in [-0.15, -0.1) is 0 Å². The predicted octanol–water partition coefficient (Wildman–Crippen LogP) is 6.00. The van der Waals surface area contributed by atoms with Crippen LogP contribution in [0.2, 0.25) is 15.1 Å². The van der Waals surface area contributed by atoms with Gasteiger partial charge in [0.25, 0.3) is 0 Å². The average Bonchev–Trinajstić information content (AvgIpc) is 2.76. The number of halogens is 3. The first-order valence-corrected chi connectivity index (χ1v) is 7.35. The normalized spacial score (nSPS) is 10.9. The van der Waals surface area contributed by atoms with Gasteiger partial charge in [0.15, 0.2) is 5.13 Å². The first-order valence-electron chi connectivity index (χ1n) is 5.40. The maximum Gasteiger partial charge on any atom is 0.188 e. The third-order valence-electron chi connectivity index (χ3n) is 2.54. The smallest absolute Gasteiger partial charge is 0.188 e. The van der Waals surface area contributed by atoms with Crippen molar-refractivity contribution in [2.24, 2.45) is 0 Å². The van der Waals surface area contributed by atoms with Crippen LogP contribution in [0.4, 0.5) is 10.8 Å². The van der Waals surface area contributed by atoms with Crippen molar-refractivity contribution < 1.29 is 0 Å². The van der Waals surface area contributed by atoms with Crippen LogP contribution >= 0.6 is 46.1 Å². The Bertz CT molecular complexity index is 755. The third-order valence-corrected chi connectivity index (χ3v) is 4.53. The van der Waals surface area contributed by atoms with Gasteiger partial charge >= 0.3 is 0 Å². The summed E-state index contributed by atoms with van der Waals surface area (Å²) in [4.78, 5) is 4.47. The highest BCUT2D eigenvalue weighted by Crippen LogP contribution is 2.35. The van der Waals surface area contributed by atoms with Gasteiger partial charge in [0, 0.05) is 5.02 Å². The lowest BCUT2D eigenvalue weighted by Crippen LogP contribution is -1.90. The van der Waals surface area contributed by atoms with E-state index in [1.54, 1.807) is 6.07 Å². The number of anilines is 2. The SMILES string of the molecule is Clc1ccc2nc(Nc3cccc(Cl)c3Cl)sc2c1. The average molecular weight is 330 g/mol. The standard InChI is InChI=1S/C13H7Cl3N2S/c14-7-4-5-9-11(6-7)19-13(17-9)18-10-3-1-2-8(15)12(10)16/h1-6H,(H,17,18). The fraction of sp³-hybridized carbons (Fsp3) is 0. The summed E-state index contributed by atoms with van der Waals surface area (Å²) >= 11 is 19.6. The first kappa shape index (κ1) is 13.0. The molecule has 0 radical (unpaired) electrons. The Morgan fingerprint density at radius 3 is 2.74 bits per heavy atom. The molecule has 19 heavy (non-hydrogen) atoms. The molecule has 1 N–H and O–H groups in total. The minimum Gasteiger partial charge on any atom is -0.330 e. The Kier molecular flexibility index (Phi) is 3.54. The largest absolute Gasteiger partial charge is 0.330 e. The molecule has 0 saturated carbocycles. The fourth-order valence-corrected chi connectivity index (χ4v) is 3.17. The molecule has 0 aliphatic heterocycles. The van der Waals surface area contributed by atoms with Gasteiger partial charge in [-0.3, -0.25) is 0 Å². The van der Waals surface area contributed by atoms with Crippen LogP contribution in [0.15, 0.2) is 36.4 Å². The minimum absolute atomic E-state index is 0.487. The number of thiazole rings is 1. The molecular formula is C13H7Cl3N2S. The number of nitrogens with zero attached hydrogens (tertiary/aromatic N) is 1. The lowest BCUT2D eigenvalue weighted by atomic mass is 10.3. The Morgan fingerprint density at radius 1 is 1.05 bits per heavy atom. The molecule has 0 bridgehead atoms. The van der Waals surface area contributed by atoms with Gasteiger partial charge in [-0.2, -0.15) is 0 Å². The van der Waals surface area contributed by atoms with Gasteiger partial charge < -0.3 is 5.32 Å². The second kappa shape index (κ2) is 5.17. The van der Waals surface area contributed by atoms with Crippen molar-refractivity contribution in [3.8, 4) is 0 Å². The Morgan fingerprint density at radius 2 is 1.89 bits per heavy atom. The van der Waals surface area contributed by atoms with Crippen molar-refractivity contribution in [1.82, 2.24) is 4.98 Å². The number of rotatable bonds is 2. The topological polar surface area (TPSA) is 24.9 Å². The van der Waals surface area contributed by atoms with Crippen LogP contribution in [-0.2, 0) is 0 Å². The molecule has 0 atom stereocenters. The van der Waals surface area contributed by atoms with E-state index < -0.39 is 0 Å². The summed E-state index contributed by atoms with van der Waals surface area (Å²) in [6.07, 6.45) is 0. The van der Waals surface area contributed by atoms with E-state index in [0.29, 0.717) is 15.1 Å². The van der Waals surface area contributed by atoms with E-state index in [0.717, 1.165) is 21.0 Å². The summed E-state index contributed by atoms with van der Waals surface area (Å²) < 4.78 is 1.02. The van der Waals surface area contributed by atoms with Gasteiger partial charge in [0.1, 0.15) is 0 Å². The Hall–Kier alpha value is -1.000. The Balaban J connectivity index is 1.99. The maximum atomic E-state index is 6.13. The monoisotopic (exact) mass is 328 g/mol. The molecule has 0 amide bonds. The van der Waals surface area contributed by atoms with Crippen molar-refractivity contribution in [1.29, 1.82) is 0 Å². The zero-order valence-electron chi connectivity index (χ0n) is 9.45. The Labute approximate surface area is 128 Å². The molecule has 2 nitrogen and oxygen atoms in total. The second-order valence-electron chi connectivity index (χ2n) is 3.86. The summed E-state index contributed by atoms with van der Waals surface area (Å²) in [6, 6.07) is 11.0. The van der Waals surface area contributed by atoms with Gasteiger partial charge in [-0.25, -0.2) is 4.98 Å². The van der Waals surface area contributed by atoms with Crippen molar-refractivity contribution in [3.63, 3.8) is 0 Å². The predicted molar refractivity (Wildman–Crippen MR) is 84.4 cm³/mol. The zero-order chi connectivity index (χ0) is 13.4. The van der Waals surface area contributed by atoms with Crippen LogP contribution in [0.25, 0.3) is 10.2 Å². The summed E-state index contributed by atoms with van der Waals surface area (Å²) in [7, 11) is 0. The van der Waals surface area contributed by atoms with Crippen LogP contribution in [0.1, 0.15) is 0 Å². The minimum atomic E-state index is 0.487. The molecule has 3 rings (SSSR count). The molecule has 0 unspecified atom stereocenters. The van der Waals surface area contributed by atoms with E-state index in [2.05, 4.69) is 10.3 Å². The quantitative estimate of drug-likeness (QED) is 0.623. The fourth-order valence-electron chi connectivity index (χ4n) is 1.67. The second-order valence-corrected chi connectivity index (χ2v) is 6.11. The highest BCUT2D eigenvalue weighted by molar-refractivity contribution is 7.22. The van der Waals surface area contributed by atoms with Gasteiger partial charge in [-0.05, 0) is 30.3 Å². The highest BCUT2D eigenvalue weighted by Gasteiger charge is 2.08. The zero-order valence-corrected chi connectivity index (χ0v) is 12.5. The number of fused-ring (bicyclic) bond motifs is 1. The summed E-state index contributed by atoms with van der Waals surface area (Å²) in [6.45, 7) is 0. The molecule has 0 spiro atoms. The summed E-state index contributed by atoms with van der Waals surface area (Å²) in [5.74, 6) is 0. The number of benzene rings is 2. The van der Waals surface area contributed by atoms with Crippen molar-refractivity contribution in [2.75, 3.05) is 5.32 Å². The maximum absolute atomic E-state index is 6.13. The number of hydrogen-bond donors (Lipinski definition) is 1. The molecule has 0 aliphatic carbocycles. The van der Waals surface area contributed by atoms with Crippen LogP contribution in [-0.4, -0.2) is 4.98 Å². The summed E-state index contributed by atoms with van der Waals surface area (Å²) in [5.41, 5.74) is 1.63. The molecule has 0 saturated heterocycles. The van der Waals surface area contributed by atoms with E-state index in [9.17, 15) is 0 Å². The van der Waals surface area contributed by atoms with Crippen molar-refractivity contribution >= 4 is 67.2 Å². The molecule has 6 heteroatoms. The number of hydrogen-bond acceptors (Lipinski definition) is 3. The van der Waals surface area contributed by atoms with E-state index in [-0.39, 0.29) is 0 Å². The molecule has 0 aliphatic rings. The van der Waals surface area contributed by atoms with Crippen LogP contribution < -0.4 is 5.32 Å². The lowest BCUT2D eigenvalue weighted by Gasteiger charge is -2.05. The van der Waals surface area contributed by atoms with Crippen LogP contribution in [0.3, 0.4) is 0 Å². The van der Waals surface area contributed by atoms with Crippen LogP contribution in [0, 0.1) is 0 Å². The van der Waals surface area contributed by atoms with Gasteiger partial charge in [-0.1, -0.05) is 52.2 Å². The molecule has 96 valence electrons. The van der Waals surface area contributed by atoms with Crippen LogP contribution in [0.5, 0.6) is 0 Å². The van der Waals surface area contributed by atoms with E-state index in [1.807, 2.05) is 30.3 Å². The molecule has 1 aromatic heterocycles. The number of nitrogens with one attached hydrogen (secondary N) is 1. The molecule has 2 aromatic carbocycles. The molecule has 0 fully saturated rings. The van der Waals surface area contributed by atoms with Crippen molar-refractivity contribution in [2.45, 2.75) is 0 Å². The summed E-state index contributed by atoms with van der Waals surface area (Å²) in [5, 5.41) is 5.62. The van der Waals surface area contributed by atoms with E-state index in [4.69, 9.17) is 34.8 Å². The van der Waals surface area contributed by atoms with E-state index in [1.165, 1.54) is 11.3 Å². The van der Waals surface area contributed by atoms with Crippen molar-refractivity contribution in [3.05, 3.63) is 51.5 Å². The lowest BCUT2D eigenvalue weighted by molar-refractivity contribution is 1.44. The van der Waals surface area contributed by atoms with E-state index >= 15 is 0 Å².